The Morgan fingerprint density at radius 3 is 2.93 bits per heavy atom. The summed E-state index contributed by atoms with van der Waals surface area (Å²) in [6.45, 7) is 6.04. The average Bonchev–Trinajstić information content (AvgIpc) is 3.29. The summed E-state index contributed by atoms with van der Waals surface area (Å²) in [5.41, 5.74) is 2.02. The number of carbonyl (C=O) groups is 2. The fourth-order valence-corrected chi connectivity index (χ4v) is 2.97. The molecule has 3 amide bonds. The van der Waals surface area contributed by atoms with Gasteiger partial charge in [0.25, 0.3) is 5.91 Å². The zero-order chi connectivity index (χ0) is 19.2. The largest absolute Gasteiger partial charge is 0.376 e. The number of amides is 3. The van der Waals surface area contributed by atoms with Crippen LogP contribution in [0.5, 0.6) is 0 Å². The summed E-state index contributed by atoms with van der Waals surface area (Å²) < 4.78 is 7.18. The number of urea groups is 1. The molecule has 0 aliphatic carbocycles. The second kappa shape index (κ2) is 8.81. The number of hydrogen-bond donors (Lipinski definition) is 3. The summed E-state index contributed by atoms with van der Waals surface area (Å²) in [6.07, 6.45) is 2.16. The highest BCUT2D eigenvalue weighted by Crippen LogP contribution is 2.13. The Morgan fingerprint density at radius 1 is 1.33 bits per heavy atom. The van der Waals surface area contributed by atoms with E-state index in [1.807, 2.05) is 19.9 Å². The van der Waals surface area contributed by atoms with Crippen LogP contribution in [0.25, 0.3) is 11.0 Å². The maximum atomic E-state index is 12.1. The van der Waals surface area contributed by atoms with Gasteiger partial charge in [0.2, 0.25) is 0 Å². The fraction of sp³-hybridized carbons (Fsp3) is 0.556. The minimum absolute atomic E-state index is 0.0707. The molecule has 3 N–H and O–H groups in total. The van der Waals surface area contributed by atoms with Gasteiger partial charge in [-0.05, 0) is 44.9 Å². The number of carbonyl (C=O) groups excluding carboxylic acids is 2. The smallest absolute Gasteiger partial charge is 0.314 e. The zero-order valence-electron chi connectivity index (χ0n) is 15.7. The Bertz CT molecular complexity index is 797. The van der Waals surface area contributed by atoms with Crippen molar-refractivity contribution in [3.63, 3.8) is 0 Å². The molecule has 1 aromatic carbocycles. The molecule has 0 bridgehead atoms. The van der Waals surface area contributed by atoms with E-state index in [-0.39, 0.29) is 24.1 Å². The third-order valence-corrected chi connectivity index (χ3v) is 4.32. The van der Waals surface area contributed by atoms with Crippen LogP contribution in [0.4, 0.5) is 4.79 Å². The molecule has 9 nitrogen and oxygen atoms in total. The molecule has 2 aromatic rings. The fourth-order valence-electron chi connectivity index (χ4n) is 2.97. The van der Waals surface area contributed by atoms with Crippen molar-refractivity contribution in [2.45, 2.75) is 45.4 Å². The number of nitrogens with one attached hydrogen (secondary N) is 3. The van der Waals surface area contributed by atoms with E-state index in [1.165, 1.54) is 0 Å². The Balaban J connectivity index is 1.50. The van der Waals surface area contributed by atoms with Crippen LogP contribution in [0.15, 0.2) is 18.2 Å². The van der Waals surface area contributed by atoms with Gasteiger partial charge in [-0.15, -0.1) is 5.10 Å². The second-order valence-corrected chi connectivity index (χ2v) is 6.92. The molecule has 1 aliphatic heterocycles. The number of fused-ring (bicyclic) bond motifs is 1. The summed E-state index contributed by atoms with van der Waals surface area (Å²) in [5.74, 6) is -0.133. The summed E-state index contributed by atoms with van der Waals surface area (Å²) in [6, 6.07) is 5.14. The molecule has 0 saturated carbocycles. The minimum atomic E-state index is -0.220. The third-order valence-electron chi connectivity index (χ3n) is 4.32. The zero-order valence-corrected chi connectivity index (χ0v) is 15.7. The summed E-state index contributed by atoms with van der Waals surface area (Å²) in [7, 11) is 0. The van der Waals surface area contributed by atoms with Crippen LogP contribution < -0.4 is 16.0 Å². The van der Waals surface area contributed by atoms with Crippen molar-refractivity contribution < 1.29 is 14.3 Å². The normalized spacial score (nSPS) is 16.6. The quantitative estimate of drug-likeness (QED) is 0.671. The maximum absolute atomic E-state index is 12.1. The van der Waals surface area contributed by atoms with E-state index in [9.17, 15) is 9.59 Å². The molecule has 146 valence electrons. The molecular formula is C18H26N6O3. The van der Waals surface area contributed by atoms with Gasteiger partial charge < -0.3 is 20.7 Å². The Hall–Kier alpha value is -2.68. The number of aromatic nitrogens is 3. The maximum Gasteiger partial charge on any atom is 0.314 e. The van der Waals surface area contributed by atoms with Crippen LogP contribution in [0.1, 0.15) is 37.0 Å². The van der Waals surface area contributed by atoms with Gasteiger partial charge >= 0.3 is 6.03 Å². The average molecular weight is 374 g/mol. The molecule has 1 aromatic heterocycles. The van der Waals surface area contributed by atoms with Crippen LogP contribution in [-0.4, -0.2) is 58.8 Å². The molecule has 1 atom stereocenters. The molecule has 0 spiro atoms. The van der Waals surface area contributed by atoms with Crippen molar-refractivity contribution in [1.29, 1.82) is 0 Å². The van der Waals surface area contributed by atoms with Crippen LogP contribution in [0.3, 0.4) is 0 Å². The van der Waals surface area contributed by atoms with Crippen LogP contribution in [-0.2, 0) is 11.3 Å². The number of benzene rings is 1. The highest BCUT2D eigenvalue weighted by atomic mass is 16.5. The van der Waals surface area contributed by atoms with Gasteiger partial charge in [-0.1, -0.05) is 5.21 Å². The number of nitrogens with zero attached hydrogens (tertiary/aromatic N) is 3. The van der Waals surface area contributed by atoms with E-state index in [2.05, 4.69) is 26.3 Å². The summed E-state index contributed by atoms with van der Waals surface area (Å²) in [5, 5.41) is 16.7. The number of ether oxygens (including phenoxy) is 1. The van der Waals surface area contributed by atoms with Crippen molar-refractivity contribution in [2.24, 2.45) is 0 Å². The first-order valence-electron chi connectivity index (χ1n) is 9.30. The summed E-state index contributed by atoms with van der Waals surface area (Å²) in [4.78, 5) is 23.9. The molecule has 0 unspecified atom stereocenters. The SMILES string of the molecule is CC(C)NC(=O)c1ccc2c(c1)nnn2CCNC(=O)NC[C@@H]1CCCO1. The predicted molar refractivity (Wildman–Crippen MR) is 101 cm³/mol. The topological polar surface area (TPSA) is 110 Å². The van der Waals surface area contributed by atoms with Crippen LogP contribution in [0, 0.1) is 0 Å². The highest BCUT2D eigenvalue weighted by Gasteiger charge is 2.16. The minimum Gasteiger partial charge on any atom is -0.376 e. The Labute approximate surface area is 157 Å². The van der Waals surface area contributed by atoms with E-state index in [1.54, 1.807) is 16.8 Å². The molecule has 2 heterocycles. The number of hydrogen-bond acceptors (Lipinski definition) is 5. The van der Waals surface area contributed by atoms with Crippen molar-refractivity contribution >= 4 is 23.0 Å². The van der Waals surface area contributed by atoms with Gasteiger partial charge in [-0.2, -0.15) is 0 Å². The Kier molecular flexibility index (Phi) is 6.23. The molecule has 0 radical (unpaired) electrons. The van der Waals surface area contributed by atoms with Crippen molar-refractivity contribution in [2.75, 3.05) is 19.7 Å². The van der Waals surface area contributed by atoms with Gasteiger partial charge in [0, 0.05) is 31.3 Å². The van der Waals surface area contributed by atoms with E-state index < -0.39 is 0 Å². The number of rotatable bonds is 7. The van der Waals surface area contributed by atoms with Gasteiger partial charge in [0.15, 0.2) is 0 Å². The van der Waals surface area contributed by atoms with Crippen molar-refractivity contribution in [3.8, 4) is 0 Å². The van der Waals surface area contributed by atoms with Crippen molar-refractivity contribution in [3.05, 3.63) is 23.8 Å². The van der Waals surface area contributed by atoms with Crippen LogP contribution >= 0.6 is 0 Å². The Morgan fingerprint density at radius 2 is 2.19 bits per heavy atom. The lowest BCUT2D eigenvalue weighted by Crippen LogP contribution is -2.40. The standard InChI is InChI=1S/C18H26N6O3/c1-12(2)21-17(25)13-5-6-16-15(10-13)22-23-24(16)8-7-19-18(26)20-11-14-4-3-9-27-14/h5-6,10,12,14H,3-4,7-9,11H2,1-2H3,(H,21,25)(H2,19,20,26)/t14-/m0/s1. The van der Waals surface area contributed by atoms with E-state index in [4.69, 9.17) is 4.74 Å². The lowest BCUT2D eigenvalue weighted by Gasteiger charge is -2.11. The van der Waals surface area contributed by atoms with Gasteiger partial charge in [0.05, 0.1) is 18.2 Å². The first-order chi connectivity index (χ1) is 13.0. The van der Waals surface area contributed by atoms with Crippen molar-refractivity contribution in [1.82, 2.24) is 30.9 Å². The second-order valence-electron chi connectivity index (χ2n) is 6.92. The molecule has 3 rings (SSSR count). The van der Waals surface area contributed by atoms with Gasteiger partial charge in [0.1, 0.15) is 5.52 Å². The lowest BCUT2D eigenvalue weighted by molar-refractivity contribution is 0.0943. The first-order valence-corrected chi connectivity index (χ1v) is 9.30. The monoisotopic (exact) mass is 374 g/mol. The lowest BCUT2D eigenvalue weighted by atomic mass is 10.2. The summed E-state index contributed by atoms with van der Waals surface area (Å²) >= 11 is 0. The van der Waals surface area contributed by atoms with Gasteiger partial charge in [-0.3, -0.25) is 4.79 Å². The van der Waals surface area contributed by atoms with E-state index in [0.717, 1.165) is 25.0 Å². The van der Waals surface area contributed by atoms with E-state index >= 15 is 0 Å². The molecule has 1 aliphatic rings. The molecule has 1 fully saturated rings. The molecule has 27 heavy (non-hydrogen) atoms. The molecular weight excluding hydrogens is 348 g/mol. The predicted octanol–water partition coefficient (Wildman–Crippen LogP) is 1.05. The van der Waals surface area contributed by atoms with Gasteiger partial charge in [-0.25, -0.2) is 9.48 Å². The van der Waals surface area contributed by atoms with Crippen LogP contribution in [0.2, 0.25) is 0 Å². The third kappa shape index (κ3) is 5.16. The highest BCUT2D eigenvalue weighted by molar-refractivity contribution is 5.97. The van der Waals surface area contributed by atoms with E-state index in [0.29, 0.717) is 30.7 Å². The molecule has 1 saturated heterocycles. The molecule has 9 heteroatoms. The first kappa shape index (κ1) is 19.1.